The highest BCUT2D eigenvalue weighted by Crippen LogP contribution is 2.03. The lowest BCUT2D eigenvalue weighted by Gasteiger charge is -2.10. The van der Waals surface area contributed by atoms with Gasteiger partial charge in [0.25, 0.3) is 0 Å². The van der Waals surface area contributed by atoms with Crippen LogP contribution in [0.3, 0.4) is 0 Å². The number of aromatic nitrogens is 2. The molecule has 0 aromatic carbocycles. The third-order valence-corrected chi connectivity index (χ3v) is 3.41. The molecule has 0 atom stereocenters. The molecule has 0 bridgehead atoms. The molecule has 0 radical (unpaired) electrons. The van der Waals surface area contributed by atoms with E-state index in [0.717, 1.165) is 11.3 Å². The first-order valence-electron chi connectivity index (χ1n) is 8.39. The lowest BCUT2D eigenvalue weighted by Crippen LogP contribution is -2.38. The van der Waals surface area contributed by atoms with Crippen LogP contribution >= 0.6 is 0 Å². The second kappa shape index (κ2) is 13.9. The molecule has 1 rings (SSSR count). The Labute approximate surface area is 158 Å². The normalized spacial score (nSPS) is 11.4. The second-order valence-electron chi connectivity index (χ2n) is 5.20. The van der Waals surface area contributed by atoms with Crippen LogP contribution < -0.4 is 31.9 Å². The van der Waals surface area contributed by atoms with E-state index >= 15 is 0 Å². The minimum Gasteiger partial charge on any atom is -0.354 e. The summed E-state index contributed by atoms with van der Waals surface area (Å²) in [5, 5.41) is 41.7. The van der Waals surface area contributed by atoms with Gasteiger partial charge in [-0.3, -0.25) is 25.7 Å². The molecule has 7 N–H and O–H groups in total. The largest absolute Gasteiger partial charge is 0.354 e. The molecule has 146 valence electrons. The number of nitriles is 2. The van der Waals surface area contributed by atoms with Crippen molar-refractivity contribution in [3.8, 4) is 12.4 Å². The van der Waals surface area contributed by atoms with Crippen LogP contribution in [0.2, 0.25) is 0 Å². The van der Waals surface area contributed by atoms with Gasteiger partial charge in [-0.1, -0.05) is 0 Å². The van der Waals surface area contributed by atoms with E-state index in [9.17, 15) is 0 Å². The Balaban J connectivity index is 2.21. The van der Waals surface area contributed by atoms with Crippen LogP contribution in [0.1, 0.15) is 11.3 Å². The summed E-state index contributed by atoms with van der Waals surface area (Å²) in [6, 6.07) is 0. The topological polar surface area (TPSA) is 173 Å². The fourth-order valence-electron chi connectivity index (χ4n) is 2.08. The number of hydrogen-bond donors (Lipinski definition) is 7. The fraction of sp³-hybridized carbons (Fsp3) is 0.533. The van der Waals surface area contributed by atoms with Gasteiger partial charge < -0.3 is 21.3 Å². The Morgan fingerprint density at radius 2 is 1.52 bits per heavy atom. The first-order valence-corrected chi connectivity index (χ1v) is 8.39. The van der Waals surface area contributed by atoms with Gasteiger partial charge in [-0.15, -0.1) is 0 Å². The molecular formula is C15H26N12. The number of aliphatic imine (C=N–C) groups is 2. The summed E-state index contributed by atoms with van der Waals surface area (Å²) in [4.78, 5) is 7.81. The van der Waals surface area contributed by atoms with Crippen LogP contribution in [0.15, 0.2) is 16.2 Å². The second-order valence-corrected chi connectivity index (χ2v) is 5.20. The number of H-pyrrole nitrogens is 1. The summed E-state index contributed by atoms with van der Waals surface area (Å²) in [6.45, 7) is 4.01. The molecule has 0 fully saturated rings. The van der Waals surface area contributed by atoms with Gasteiger partial charge in [0.15, 0.2) is 12.4 Å². The van der Waals surface area contributed by atoms with Crippen molar-refractivity contribution >= 4 is 11.9 Å². The molecule has 1 aromatic rings. The van der Waals surface area contributed by atoms with Crippen LogP contribution in [0.4, 0.5) is 0 Å². The predicted octanol–water partition coefficient (Wildman–Crippen LogP) is -2.12. The van der Waals surface area contributed by atoms with Gasteiger partial charge in [0.05, 0.1) is 11.9 Å². The van der Waals surface area contributed by atoms with Crippen molar-refractivity contribution in [1.29, 1.82) is 10.5 Å². The molecular weight excluding hydrogens is 348 g/mol. The van der Waals surface area contributed by atoms with Crippen molar-refractivity contribution in [2.75, 3.05) is 40.3 Å². The van der Waals surface area contributed by atoms with Gasteiger partial charge in [-0.25, -0.2) is 0 Å². The smallest absolute Gasteiger partial charge is 0.204 e. The Hall–Kier alpha value is -3.35. The quantitative estimate of drug-likeness (QED) is 0.0794. The first-order chi connectivity index (χ1) is 13.2. The Morgan fingerprint density at radius 1 is 0.963 bits per heavy atom. The average Bonchev–Trinajstić information content (AvgIpc) is 3.13. The highest BCUT2D eigenvalue weighted by Gasteiger charge is 2.04. The zero-order valence-corrected chi connectivity index (χ0v) is 15.6. The summed E-state index contributed by atoms with van der Waals surface area (Å²) >= 11 is 0. The molecule has 0 unspecified atom stereocenters. The summed E-state index contributed by atoms with van der Waals surface area (Å²) in [7, 11) is 3.21. The Kier molecular flexibility index (Phi) is 11.2. The lowest BCUT2D eigenvalue weighted by molar-refractivity contribution is 0.637. The van der Waals surface area contributed by atoms with E-state index in [4.69, 9.17) is 10.5 Å². The van der Waals surface area contributed by atoms with Crippen molar-refractivity contribution in [2.45, 2.75) is 13.1 Å². The standard InChI is InChI=1S/C15H26N12/c1-18-14(24-10-16)22-5-3-20-7-12-8-26-27-13(12)9-21-4-6-23-15(19-2)25-11-17/h8,20-21H,3-7,9H2,1-2H3,(H,26,27)(H2,18,22,24)(H2,19,23,25). The van der Waals surface area contributed by atoms with Gasteiger partial charge in [-0.05, 0) is 0 Å². The van der Waals surface area contributed by atoms with Crippen LogP contribution in [0.25, 0.3) is 0 Å². The molecule has 0 aliphatic heterocycles. The summed E-state index contributed by atoms with van der Waals surface area (Å²) in [6.07, 6.45) is 5.44. The number of nitrogens with zero attached hydrogens (tertiary/aromatic N) is 5. The van der Waals surface area contributed by atoms with E-state index in [0.29, 0.717) is 51.2 Å². The van der Waals surface area contributed by atoms with E-state index in [2.05, 4.69) is 52.1 Å². The molecule has 0 amide bonds. The molecule has 0 aliphatic rings. The number of guanidine groups is 2. The third kappa shape index (κ3) is 9.06. The maximum atomic E-state index is 8.55. The molecule has 1 heterocycles. The number of hydrogen-bond acceptors (Lipinski definition) is 7. The van der Waals surface area contributed by atoms with E-state index in [1.807, 2.05) is 12.4 Å². The zero-order chi connectivity index (χ0) is 19.7. The van der Waals surface area contributed by atoms with Crippen LogP contribution in [-0.4, -0.2) is 62.4 Å². The molecule has 0 spiro atoms. The highest BCUT2D eigenvalue weighted by molar-refractivity contribution is 5.81. The van der Waals surface area contributed by atoms with Crippen molar-refractivity contribution in [3.63, 3.8) is 0 Å². The monoisotopic (exact) mass is 374 g/mol. The maximum Gasteiger partial charge on any atom is 0.204 e. The van der Waals surface area contributed by atoms with Crippen LogP contribution in [-0.2, 0) is 13.1 Å². The first kappa shape index (κ1) is 21.7. The van der Waals surface area contributed by atoms with Crippen molar-refractivity contribution < 1.29 is 0 Å². The van der Waals surface area contributed by atoms with E-state index < -0.39 is 0 Å². The molecule has 1 aromatic heterocycles. The third-order valence-electron chi connectivity index (χ3n) is 3.41. The minimum absolute atomic E-state index is 0.445. The zero-order valence-electron chi connectivity index (χ0n) is 15.6. The molecule has 12 nitrogen and oxygen atoms in total. The van der Waals surface area contributed by atoms with Crippen molar-refractivity contribution in [1.82, 2.24) is 42.1 Å². The van der Waals surface area contributed by atoms with Gasteiger partial charge in [0.1, 0.15) is 0 Å². The number of nitrogens with one attached hydrogen (secondary N) is 7. The Bertz CT molecular complexity index is 621. The molecule has 12 heteroatoms. The number of rotatable bonds is 10. The molecule has 0 aliphatic carbocycles. The molecule has 27 heavy (non-hydrogen) atoms. The van der Waals surface area contributed by atoms with Crippen LogP contribution in [0, 0.1) is 22.9 Å². The maximum absolute atomic E-state index is 8.55. The van der Waals surface area contributed by atoms with Crippen LogP contribution in [0.5, 0.6) is 0 Å². The number of aromatic amines is 1. The Morgan fingerprint density at radius 3 is 2.04 bits per heavy atom. The van der Waals surface area contributed by atoms with Gasteiger partial charge >= 0.3 is 0 Å². The summed E-state index contributed by atoms with van der Waals surface area (Å²) in [5.74, 6) is 0.892. The highest BCUT2D eigenvalue weighted by atomic mass is 15.2. The van der Waals surface area contributed by atoms with E-state index in [1.165, 1.54) is 0 Å². The molecule has 0 saturated heterocycles. The van der Waals surface area contributed by atoms with Gasteiger partial charge in [0.2, 0.25) is 11.9 Å². The van der Waals surface area contributed by atoms with Crippen molar-refractivity contribution in [3.05, 3.63) is 17.5 Å². The summed E-state index contributed by atoms with van der Waals surface area (Å²) in [5.41, 5.74) is 2.09. The van der Waals surface area contributed by atoms with E-state index in [-0.39, 0.29) is 0 Å². The van der Waals surface area contributed by atoms with Gasteiger partial charge in [-0.2, -0.15) is 15.6 Å². The lowest BCUT2D eigenvalue weighted by atomic mass is 10.2. The van der Waals surface area contributed by atoms with Gasteiger partial charge in [0, 0.05) is 58.9 Å². The fourth-order valence-corrected chi connectivity index (χ4v) is 2.08. The predicted molar refractivity (Wildman–Crippen MR) is 102 cm³/mol. The average molecular weight is 374 g/mol. The molecule has 0 saturated carbocycles. The SMILES string of the molecule is CN=C(NC#N)NCCNCc1cn[nH]c1CNCCNC(=NC)NC#N. The van der Waals surface area contributed by atoms with Crippen molar-refractivity contribution in [2.24, 2.45) is 9.98 Å². The van der Waals surface area contributed by atoms with E-state index in [1.54, 1.807) is 20.3 Å². The minimum atomic E-state index is 0.445. The summed E-state index contributed by atoms with van der Waals surface area (Å²) < 4.78 is 0.